The van der Waals surface area contributed by atoms with E-state index in [4.69, 9.17) is 4.42 Å². The minimum absolute atomic E-state index is 0.0744. The van der Waals surface area contributed by atoms with Crippen LogP contribution >= 0.6 is 0 Å². The van der Waals surface area contributed by atoms with Gasteiger partial charge >= 0.3 is 0 Å². The Balaban J connectivity index is 2.05. The molecule has 0 saturated carbocycles. The molecule has 2 heterocycles. The summed E-state index contributed by atoms with van der Waals surface area (Å²) in [6.07, 6.45) is 3.98. The van der Waals surface area contributed by atoms with Crippen LogP contribution < -0.4 is 5.32 Å². The highest BCUT2D eigenvalue weighted by atomic mass is 32.2. The van der Waals surface area contributed by atoms with Crippen molar-refractivity contribution in [3.8, 4) is 0 Å². The first-order valence-electron chi connectivity index (χ1n) is 7.83. The lowest BCUT2D eigenvalue weighted by atomic mass is 10.0. The van der Waals surface area contributed by atoms with E-state index in [1.165, 1.54) is 0 Å². The number of nitrogens with one attached hydrogen (secondary N) is 1. The van der Waals surface area contributed by atoms with Crippen LogP contribution in [0, 0.1) is 5.92 Å². The summed E-state index contributed by atoms with van der Waals surface area (Å²) in [7, 11) is -3.48. The summed E-state index contributed by atoms with van der Waals surface area (Å²) in [4.78, 5) is 0. The van der Waals surface area contributed by atoms with Gasteiger partial charge in [-0.3, -0.25) is 0 Å². The summed E-state index contributed by atoms with van der Waals surface area (Å²) in [5.74, 6) is 1.26. The van der Waals surface area contributed by atoms with E-state index in [0.29, 0.717) is 31.3 Å². The van der Waals surface area contributed by atoms with E-state index in [9.17, 15) is 8.42 Å². The van der Waals surface area contributed by atoms with Crippen molar-refractivity contribution >= 4 is 10.0 Å². The van der Waals surface area contributed by atoms with Crippen LogP contribution in [0.1, 0.15) is 45.3 Å². The second-order valence-corrected chi connectivity index (χ2v) is 7.71. The predicted molar refractivity (Wildman–Crippen MR) is 82.5 cm³/mol. The van der Waals surface area contributed by atoms with Crippen molar-refractivity contribution in [1.29, 1.82) is 0 Å². The Hall–Kier alpha value is -0.850. The fourth-order valence-electron chi connectivity index (χ4n) is 2.58. The highest BCUT2D eigenvalue weighted by Crippen LogP contribution is 2.24. The van der Waals surface area contributed by atoms with Gasteiger partial charge in [-0.25, -0.2) is 8.42 Å². The van der Waals surface area contributed by atoms with Crippen molar-refractivity contribution in [1.82, 2.24) is 9.62 Å². The van der Waals surface area contributed by atoms with Gasteiger partial charge in [-0.2, -0.15) is 4.31 Å². The molecule has 1 saturated heterocycles. The van der Waals surface area contributed by atoms with Crippen LogP contribution in [0.15, 0.2) is 21.6 Å². The third-order valence-electron chi connectivity index (χ3n) is 3.93. The molecule has 1 aromatic rings. The Morgan fingerprint density at radius 1 is 1.33 bits per heavy atom. The van der Waals surface area contributed by atoms with E-state index in [1.807, 2.05) is 0 Å². The van der Waals surface area contributed by atoms with Crippen LogP contribution in [0.2, 0.25) is 0 Å². The second-order valence-electron chi connectivity index (χ2n) is 5.84. The molecule has 2 rings (SSSR count). The third-order valence-corrected chi connectivity index (χ3v) is 5.71. The molecule has 1 unspecified atom stereocenters. The highest BCUT2D eigenvalue weighted by molar-refractivity contribution is 7.89. The molecular formula is C15H26N2O3S. The Morgan fingerprint density at radius 3 is 2.90 bits per heavy atom. The van der Waals surface area contributed by atoms with Gasteiger partial charge < -0.3 is 9.73 Å². The summed E-state index contributed by atoms with van der Waals surface area (Å²) >= 11 is 0. The molecule has 0 radical (unpaired) electrons. The predicted octanol–water partition coefficient (Wildman–Crippen LogP) is 2.59. The quantitative estimate of drug-likeness (QED) is 0.820. The second kappa shape index (κ2) is 7.42. The summed E-state index contributed by atoms with van der Waals surface area (Å²) in [6.45, 7) is 6.92. The average Bonchev–Trinajstić information content (AvgIpc) is 2.81. The number of nitrogens with zero attached hydrogens (tertiary/aromatic N) is 1. The first kappa shape index (κ1) is 16.5. The van der Waals surface area contributed by atoms with E-state index in [-0.39, 0.29) is 5.09 Å². The van der Waals surface area contributed by atoms with Crippen molar-refractivity contribution in [3.05, 3.63) is 17.9 Å². The molecular weight excluding hydrogens is 288 g/mol. The van der Waals surface area contributed by atoms with E-state index in [1.54, 1.807) is 16.4 Å². The van der Waals surface area contributed by atoms with Gasteiger partial charge in [-0.05, 0) is 50.3 Å². The van der Waals surface area contributed by atoms with Gasteiger partial charge in [0.15, 0.2) is 0 Å². The van der Waals surface area contributed by atoms with E-state index in [0.717, 1.165) is 32.2 Å². The number of hydrogen-bond acceptors (Lipinski definition) is 4. The minimum Gasteiger partial charge on any atom is -0.447 e. The first-order chi connectivity index (χ1) is 10.0. The maximum Gasteiger partial charge on any atom is 0.276 e. The highest BCUT2D eigenvalue weighted by Gasteiger charge is 2.29. The summed E-state index contributed by atoms with van der Waals surface area (Å²) in [6, 6.07) is 3.32. The molecule has 1 N–H and O–H groups in total. The SMILES string of the molecule is CCCNCc1ccc(S(=O)(=O)N2CCCC(C)CC2)o1. The van der Waals surface area contributed by atoms with Crippen LogP contribution in [0.25, 0.3) is 0 Å². The zero-order valence-corrected chi connectivity index (χ0v) is 13.8. The zero-order chi connectivity index (χ0) is 15.3. The van der Waals surface area contributed by atoms with Gasteiger partial charge in [-0.1, -0.05) is 13.8 Å². The molecule has 1 aliphatic rings. The maximum absolute atomic E-state index is 12.6. The Labute approximate surface area is 127 Å². The van der Waals surface area contributed by atoms with Crippen LogP contribution in [-0.4, -0.2) is 32.4 Å². The monoisotopic (exact) mass is 314 g/mol. The van der Waals surface area contributed by atoms with Crippen molar-refractivity contribution in [3.63, 3.8) is 0 Å². The van der Waals surface area contributed by atoms with E-state index < -0.39 is 10.0 Å². The summed E-state index contributed by atoms with van der Waals surface area (Å²) in [5.41, 5.74) is 0. The van der Waals surface area contributed by atoms with Crippen LogP contribution in [-0.2, 0) is 16.6 Å². The largest absolute Gasteiger partial charge is 0.447 e. The van der Waals surface area contributed by atoms with Crippen LogP contribution in [0.4, 0.5) is 0 Å². The zero-order valence-electron chi connectivity index (χ0n) is 13.0. The molecule has 1 aromatic heterocycles. The number of rotatable bonds is 6. The van der Waals surface area contributed by atoms with Crippen molar-refractivity contribution < 1.29 is 12.8 Å². The normalized spacial score (nSPS) is 21.3. The van der Waals surface area contributed by atoms with E-state index in [2.05, 4.69) is 19.2 Å². The lowest BCUT2D eigenvalue weighted by Gasteiger charge is -2.18. The number of hydrogen-bond donors (Lipinski definition) is 1. The minimum atomic E-state index is -3.48. The smallest absolute Gasteiger partial charge is 0.276 e. The Morgan fingerprint density at radius 2 is 2.14 bits per heavy atom. The first-order valence-corrected chi connectivity index (χ1v) is 9.27. The average molecular weight is 314 g/mol. The molecule has 0 amide bonds. The molecule has 1 atom stereocenters. The molecule has 1 fully saturated rings. The van der Waals surface area contributed by atoms with Gasteiger partial charge in [0.25, 0.3) is 10.0 Å². The van der Waals surface area contributed by atoms with Gasteiger partial charge in [-0.15, -0.1) is 0 Å². The van der Waals surface area contributed by atoms with Crippen molar-refractivity contribution in [2.24, 2.45) is 5.92 Å². The van der Waals surface area contributed by atoms with Crippen LogP contribution in [0.3, 0.4) is 0 Å². The van der Waals surface area contributed by atoms with Gasteiger partial charge in [0.05, 0.1) is 6.54 Å². The summed E-state index contributed by atoms with van der Waals surface area (Å²) in [5, 5.41) is 3.28. The summed E-state index contributed by atoms with van der Waals surface area (Å²) < 4.78 is 32.3. The molecule has 21 heavy (non-hydrogen) atoms. The molecule has 0 spiro atoms. The molecule has 0 aliphatic carbocycles. The van der Waals surface area contributed by atoms with Gasteiger partial charge in [0.1, 0.15) is 5.76 Å². The molecule has 1 aliphatic heterocycles. The topological polar surface area (TPSA) is 62.6 Å². The maximum atomic E-state index is 12.6. The van der Waals surface area contributed by atoms with Crippen LogP contribution in [0.5, 0.6) is 0 Å². The lowest BCUT2D eigenvalue weighted by molar-refractivity contribution is 0.365. The van der Waals surface area contributed by atoms with E-state index >= 15 is 0 Å². The lowest BCUT2D eigenvalue weighted by Crippen LogP contribution is -2.31. The molecule has 0 bridgehead atoms. The standard InChI is InChI=1S/C15H26N2O3S/c1-3-9-16-12-14-6-7-15(20-14)21(18,19)17-10-4-5-13(2)8-11-17/h6-7,13,16H,3-5,8-12H2,1-2H3. The molecule has 120 valence electrons. The number of sulfonamides is 1. The Bertz CT molecular complexity index is 539. The third kappa shape index (κ3) is 4.31. The number of furan rings is 1. The van der Waals surface area contributed by atoms with Crippen molar-refractivity contribution in [2.75, 3.05) is 19.6 Å². The Kier molecular flexibility index (Phi) is 5.84. The van der Waals surface area contributed by atoms with Gasteiger partial charge in [0.2, 0.25) is 5.09 Å². The molecule has 6 heteroatoms. The fraction of sp³-hybridized carbons (Fsp3) is 0.733. The fourth-order valence-corrected chi connectivity index (χ4v) is 4.01. The van der Waals surface area contributed by atoms with Gasteiger partial charge in [0, 0.05) is 13.1 Å². The molecule has 0 aromatic carbocycles. The van der Waals surface area contributed by atoms with Crippen molar-refractivity contribution in [2.45, 2.75) is 51.2 Å². The molecule has 5 nitrogen and oxygen atoms in total.